The van der Waals surface area contributed by atoms with E-state index in [9.17, 15) is 19.7 Å². The molecule has 10 nitrogen and oxygen atoms in total. The van der Waals surface area contributed by atoms with Crippen molar-refractivity contribution in [3.8, 4) is 5.75 Å². The number of aryl methyl sites for hydroxylation is 1. The molecule has 0 atom stereocenters. The number of amides is 2. The Morgan fingerprint density at radius 2 is 1.91 bits per heavy atom. The van der Waals surface area contributed by atoms with Crippen molar-refractivity contribution in [2.45, 2.75) is 17.2 Å². The first-order valence-corrected chi connectivity index (χ1v) is 11.2. The van der Waals surface area contributed by atoms with Crippen LogP contribution >= 0.6 is 23.1 Å². The summed E-state index contributed by atoms with van der Waals surface area (Å²) in [5.74, 6) is -0.325. The molecule has 32 heavy (non-hydrogen) atoms. The molecule has 0 aliphatic heterocycles. The summed E-state index contributed by atoms with van der Waals surface area (Å²) >= 11 is 2.26. The number of thioether (sulfide) groups is 1. The van der Waals surface area contributed by atoms with E-state index in [-0.39, 0.29) is 23.0 Å². The van der Waals surface area contributed by atoms with E-state index in [1.54, 1.807) is 0 Å². The topological polar surface area (TPSA) is 136 Å². The highest BCUT2D eigenvalue weighted by Gasteiger charge is 2.18. The molecule has 0 saturated heterocycles. The number of carbonyl (C=O) groups excluding carboxylic acids is 2. The van der Waals surface area contributed by atoms with Gasteiger partial charge in [0, 0.05) is 6.42 Å². The molecule has 0 unspecified atom stereocenters. The SMILES string of the molecule is COc1ccc(NC(=O)CSc2nnc(NC(=O)CCc3ccccc3)s2)c([N+](=O)[O-])c1. The summed E-state index contributed by atoms with van der Waals surface area (Å²) in [6.45, 7) is 0. The van der Waals surface area contributed by atoms with Gasteiger partial charge in [-0.1, -0.05) is 53.4 Å². The second-order valence-electron chi connectivity index (χ2n) is 6.38. The summed E-state index contributed by atoms with van der Waals surface area (Å²) < 4.78 is 5.46. The lowest BCUT2D eigenvalue weighted by atomic mass is 10.1. The fourth-order valence-electron chi connectivity index (χ4n) is 2.61. The summed E-state index contributed by atoms with van der Waals surface area (Å²) in [6, 6.07) is 13.8. The van der Waals surface area contributed by atoms with Gasteiger partial charge in [-0.3, -0.25) is 19.7 Å². The van der Waals surface area contributed by atoms with Gasteiger partial charge in [0.2, 0.25) is 16.9 Å². The summed E-state index contributed by atoms with van der Waals surface area (Å²) in [4.78, 5) is 34.9. The molecule has 0 bridgehead atoms. The van der Waals surface area contributed by atoms with Gasteiger partial charge in [0.15, 0.2) is 4.34 Å². The number of aromatic nitrogens is 2. The van der Waals surface area contributed by atoms with Crippen molar-refractivity contribution in [2.24, 2.45) is 0 Å². The first-order chi connectivity index (χ1) is 15.4. The number of hydrogen-bond acceptors (Lipinski definition) is 9. The van der Waals surface area contributed by atoms with Gasteiger partial charge in [0.05, 0.1) is 23.9 Å². The van der Waals surface area contributed by atoms with Gasteiger partial charge < -0.3 is 15.4 Å². The molecular weight excluding hydrogens is 454 g/mol. The summed E-state index contributed by atoms with van der Waals surface area (Å²) in [6.07, 6.45) is 0.930. The van der Waals surface area contributed by atoms with E-state index < -0.39 is 10.8 Å². The van der Waals surface area contributed by atoms with E-state index in [0.717, 1.165) is 28.7 Å². The van der Waals surface area contributed by atoms with Gasteiger partial charge in [-0.05, 0) is 24.1 Å². The number of methoxy groups -OCH3 is 1. The lowest BCUT2D eigenvalue weighted by molar-refractivity contribution is -0.384. The van der Waals surface area contributed by atoms with Gasteiger partial charge in [-0.25, -0.2) is 0 Å². The van der Waals surface area contributed by atoms with Crippen molar-refractivity contribution in [1.29, 1.82) is 0 Å². The minimum atomic E-state index is -0.594. The van der Waals surface area contributed by atoms with Gasteiger partial charge in [0.25, 0.3) is 5.69 Å². The maximum absolute atomic E-state index is 12.2. The zero-order chi connectivity index (χ0) is 22.9. The third-order valence-corrected chi connectivity index (χ3v) is 6.11. The molecule has 0 aliphatic carbocycles. The number of benzene rings is 2. The molecule has 2 amide bonds. The minimum Gasteiger partial charge on any atom is -0.496 e. The lowest BCUT2D eigenvalue weighted by Gasteiger charge is -2.07. The monoisotopic (exact) mass is 473 g/mol. The molecule has 2 aromatic carbocycles. The Balaban J connectivity index is 1.48. The predicted octanol–water partition coefficient (Wildman–Crippen LogP) is 3.76. The third kappa shape index (κ3) is 6.75. The average molecular weight is 474 g/mol. The van der Waals surface area contributed by atoms with Crippen LogP contribution in [-0.2, 0) is 16.0 Å². The molecule has 0 fully saturated rings. The summed E-state index contributed by atoms with van der Waals surface area (Å²) in [5, 5.41) is 24.6. The summed E-state index contributed by atoms with van der Waals surface area (Å²) in [7, 11) is 1.40. The first-order valence-electron chi connectivity index (χ1n) is 9.37. The first kappa shape index (κ1) is 23.2. The maximum Gasteiger partial charge on any atom is 0.296 e. The van der Waals surface area contributed by atoms with Gasteiger partial charge in [0.1, 0.15) is 11.4 Å². The average Bonchev–Trinajstić information content (AvgIpc) is 3.24. The number of ether oxygens (including phenoxy) is 1. The molecule has 166 valence electrons. The fraction of sp³-hybridized carbons (Fsp3) is 0.200. The third-order valence-electron chi connectivity index (χ3n) is 4.14. The van der Waals surface area contributed by atoms with Gasteiger partial charge in [-0.2, -0.15) is 0 Å². The van der Waals surface area contributed by atoms with Crippen LogP contribution < -0.4 is 15.4 Å². The molecule has 1 aromatic heterocycles. The van der Waals surface area contributed by atoms with Crippen LogP contribution in [0.5, 0.6) is 5.75 Å². The summed E-state index contributed by atoms with van der Waals surface area (Å²) in [5.41, 5.74) is 0.878. The van der Waals surface area contributed by atoms with Crippen LogP contribution in [0.1, 0.15) is 12.0 Å². The molecule has 0 spiro atoms. The lowest BCUT2D eigenvalue weighted by Crippen LogP contribution is -2.15. The molecule has 12 heteroatoms. The zero-order valence-electron chi connectivity index (χ0n) is 16.9. The molecular formula is C20H19N5O5S2. The number of nitro benzene ring substituents is 1. The van der Waals surface area contributed by atoms with Crippen LogP contribution in [0.3, 0.4) is 0 Å². The Hall–Kier alpha value is -3.51. The Morgan fingerprint density at radius 3 is 2.62 bits per heavy atom. The number of hydrogen-bond donors (Lipinski definition) is 2. The molecule has 3 rings (SSSR count). The largest absolute Gasteiger partial charge is 0.496 e. The van der Waals surface area contributed by atoms with Gasteiger partial charge >= 0.3 is 0 Å². The fourth-order valence-corrected chi connectivity index (χ4v) is 4.18. The van der Waals surface area contributed by atoms with E-state index in [0.29, 0.717) is 28.1 Å². The number of anilines is 2. The zero-order valence-corrected chi connectivity index (χ0v) is 18.6. The van der Waals surface area contributed by atoms with Crippen molar-refractivity contribution < 1.29 is 19.2 Å². The highest BCUT2D eigenvalue weighted by Crippen LogP contribution is 2.30. The number of rotatable bonds is 10. The van der Waals surface area contributed by atoms with Crippen molar-refractivity contribution >= 4 is 51.4 Å². The predicted molar refractivity (Wildman–Crippen MR) is 122 cm³/mol. The molecule has 3 aromatic rings. The van der Waals surface area contributed by atoms with E-state index in [1.165, 1.54) is 25.3 Å². The maximum atomic E-state index is 12.2. The normalized spacial score (nSPS) is 10.4. The smallest absolute Gasteiger partial charge is 0.296 e. The van der Waals surface area contributed by atoms with E-state index in [1.807, 2.05) is 30.3 Å². The highest BCUT2D eigenvalue weighted by atomic mass is 32.2. The van der Waals surface area contributed by atoms with Crippen LogP contribution in [0.2, 0.25) is 0 Å². The van der Waals surface area contributed by atoms with E-state index >= 15 is 0 Å². The molecule has 2 N–H and O–H groups in total. The number of nitrogens with one attached hydrogen (secondary N) is 2. The number of nitrogens with zero attached hydrogens (tertiary/aromatic N) is 3. The van der Waals surface area contributed by atoms with Crippen LogP contribution in [0, 0.1) is 10.1 Å². The second-order valence-corrected chi connectivity index (χ2v) is 8.58. The quantitative estimate of drug-likeness (QED) is 0.197. The Morgan fingerprint density at radius 1 is 1.12 bits per heavy atom. The van der Waals surface area contributed by atoms with Crippen molar-refractivity contribution in [1.82, 2.24) is 10.2 Å². The standard InChI is InChI=1S/C20H19N5O5S2/c1-30-14-8-9-15(16(11-14)25(28)29)21-18(27)12-31-20-24-23-19(32-20)22-17(26)10-7-13-5-3-2-4-6-13/h2-6,8-9,11H,7,10,12H2,1H3,(H,21,27)(H,22,23,26). The second kappa shape index (κ2) is 11.2. The van der Waals surface area contributed by atoms with E-state index in [2.05, 4.69) is 20.8 Å². The van der Waals surface area contributed by atoms with Gasteiger partial charge in [-0.15, -0.1) is 10.2 Å². The molecule has 0 saturated carbocycles. The van der Waals surface area contributed by atoms with Crippen LogP contribution in [0.15, 0.2) is 52.9 Å². The van der Waals surface area contributed by atoms with Crippen LogP contribution in [-0.4, -0.2) is 39.8 Å². The Labute approximate surface area is 191 Å². The molecule has 1 heterocycles. The molecule has 0 radical (unpaired) electrons. The Kier molecular flexibility index (Phi) is 8.11. The number of carbonyl (C=O) groups is 2. The highest BCUT2D eigenvalue weighted by molar-refractivity contribution is 8.01. The number of nitro groups is 1. The Bertz CT molecular complexity index is 1110. The van der Waals surface area contributed by atoms with Crippen molar-refractivity contribution in [3.05, 3.63) is 64.2 Å². The van der Waals surface area contributed by atoms with E-state index in [4.69, 9.17) is 4.74 Å². The minimum absolute atomic E-state index is 0.0280. The van der Waals surface area contributed by atoms with Crippen LogP contribution in [0.25, 0.3) is 0 Å². The van der Waals surface area contributed by atoms with Crippen LogP contribution in [0.4, 0.5) is 16.5 Å². The molecule has 0 aliphatic rings. The van der Waals surface area contributed by atoms with Crippen molar-refractivity contribution in [3.63, 3.8) is 0 Å². The van der Waals surface area contributed by atoms with Crippen molar-refractivity contribution in [2.75, 3.05) is 23.5 Å².